The fraction of sp³-hybridized carbons (Fsp3) is 0.583. The molecule has 1 rings (SSSR count). The van der Waals surface area contributed by atoms with E-state index >= 15 is 0 Å². The Morgan fingerprint density at radius 2 is 2.00 bits per heavy atom. The van der Waals surface area contributed by atoms with Crippen LogP contribution in [0.2, 0.25) is 0 Å². The summed E-state index contributed by atoms with van der Waals surface area (Å²) in [5, 5.41) is 0. The highest BCUT2D eigenvalue weighted by atomic mass is 16.7. The van der Waals surface area contributed by atoms with Crippen molar-refractivity contribution in [2.24, 2.45) is 0 Å². The van der Waals surface area contributed by atoms with Crippen molar-refractivity contribution in [2.75, 3.05) is 20.8 Å². The molecule has 0 saturated carbocycles. The first-order valence-electron chi connectivity index (χ1n) is 5.32. The Labute approximate surface area is 96.5 Å². The molecule has 0 fully saturated rings. The number of methoxy groups -OCH3 is 2. The van der Waals surface area contributed by atoms with Gasteiger partial charge in [0, 0.05) is 32.6 Å². The van der Waals surface area contributed by atoms with Crippen LogP contribution in [0, 0.1) is 6.92 Å². The second-order valence-electron chi connectivity index (χ2n) is 3.43. The molecule has 0 aliphatic rings. The third-order valence-corrected chi connectivity index (χ3v) is 2.43. The minimum Gasteiger partial charge on any atom is -0.377 e. The van der Waals surface area contributed by atoms with E-state index in [-0.39, 0.29) is 0 Å². The van der Waals surface area contributed by atoms with E-state index in [1.54, 1.807) is 20.4 Å². The maximum Gasteiger partial charge on any atom is 0.200 e. The quantitative estimate of drug-likeness (QED) is 0.696. The third kappa shape index (κ3) is 3.01. The molecule has 1 heterocycles. The van der Waals surface area contributed by atoms with E-state index in [4.69, 9.17) is 14.2 Å². The van der Waals surface area contributed by atoms with E-state index in [1.165, 1.54) is 0 Å². The highest BCUT2D eigenvalue weighted by Crippen LogP contribution is 2.22. The van der Waals surface area contributed by atoms with Crippen LogP contribution in [0.25, 0.3) is 0 Å². The van der Waals surface area contributed by atoms with E-state index in [2.05, 4.69) is 4.98 Å². The molecule has 0 spiro atoms. The Kier molecular flexibility index (Phi) is 5.38. The summed E-state index contributed by atoms with van der Waals surface area (Å²) in [5.74, 6) is 0. The summed E-state index contributed by atoms with van der Waals surface area (Å²) >= 11 is 0. The molecule has 90 valence electrons. The molecule has 16 heavy (non-hydrogen) atoms. The van der Waals surface area contributed by atoms with Gasteiger partial charge >= 0.3 is 0 Å². The summed E-state index contributed by atoms with van der Waals surface area (Å²) in [5.41, 5.74) is 2.97. The standard InChI is InChI=1S/C12H19NO3/c1-5-16-8-10-9(2)6-7-13-11(10)12(14-3)15-4/h6-7,12H,5,8H2,1-4H3. The average molecular weight is 225 g/mol. The minimum atomic E-state index is -0.435. The van der Waals surface area contributed by atoms with Gasteiger partial charge in [0.05, 0.1) is 6.61 Å². The highest BCUT2D eigenvalue weighted by Gasteiger charge is 2.17. The molecule has 0 saturated heterocycles. The van der Waals surface area contributed by atoms with Gasteiger partial charge in [0.2, 0.25) is 6.29 Å². The molecule has 0 amide bonds. The molecule has 0 atom stereocenters. The normalized spacial score (nSPS) is 11.1. The predicted octanol–water partition coefficient (Wildman–Crippen LogP) is 2.22. The first kappa shape index (κ1) is 13.1. The van der Waals surface area contributed by atoms with Crippen LogP contribution < -0.4 is 0 Å². The van der Waals surface area contributed by atoms with Gasteiger partial charge < -0.3 is 14.2 Å². The highest BCUT2D eigenvalue weighted by molar-refractivity contribution is 5.29. The smallest absolute Gasteiger partial charge is 0.200 e. The van der Waals surface area contributed by atoms with Crippen molar-refractivity contribution in [3.8, 4) is 0 Å². The van der Waals surface area contributed by atoms with Crippen LogP contribution in [0.1, 0.15) is 30.0 Å². The Bertz CT molecular complexity index is 324. The lowest BCUT2D eigenvalue weighted by Crippen LogP contribution is -2.11. The van der Waals surface area contributed by atoms with Crippen molar-refractivity contribution in [1.29, 1.82) is 0 Å². The van der Waals surface area contributed by atoms with E-state index in [0.717, 1.165) is 16.8 Å². The van der Waals surface area contributed by atoms with E-state index in [0.29, 0.717) is 13.2 Å². The Hall–Kier alpha value is -0.970. The van der Waals surface area contributed by atoms with Crippen molar-refractivity contribution < 1.29 is 14.2 Å². The molecule has 0 bridgehead atoms. The van der Waals surface area contributed by atoms with Crippen molar-refractivity contribution in [3.05, 3.63) is 29.1 Å². The molecule has 4 nitrogen and oxygen atoms in total. The fourth-order valence-corrected chi connectivity index (χ4v) is 1.52. The topological polar surface area (TPSA) is 40.6 Å². The van der Waals surface area contributed by atoms with Crippen molar-refractivity contribution in [3.63, 3.8) is 0 Å². The zero-order valence-electron chi connectivity index (χ0n) is 10.3. The third-order valence-electron chi connectivity index (χ3n) is 2.43. The van der Waals surface area contributed by atoms with Crippen LogP contribution in [-0.4, -0.2) is 25.8 Å². The summed E-state index contributed by atoms with van der Waals surface area (Å²) in [6.45, 7) is 5.21. The van der Waals surface area contributed by atoms with E-state index in [1.807, 2.05) is 19.9 Å². The summed E-state index contributed by atoms with van der Waals surface area (Å²) in [7, 11) is 3.20. The zero-order valence-corrected chi connectivity index (χ0v) is 10.3. The van der Waals surface area contributed by atoms with Crippen LogP contribution >= 0.6 is 0 Å². The number of hydrogen-bond donors (Lipinski definition) is 0. The summed E-state index contributed by atoms with van der Waals surface area (Å²) in [6.07, 6.45) is 1.32. The number of aryl methyl sites for hydroxylation is 1. The van der Waals surface area contributed by atoms with Crippen LogP contribution in [0.5, 0.6) is 0 Å². The first-order valence-corrected chi connectivity index (χ1v) is 5.32. The van der Waals surface area contributed by atoms with Gasteiger partial charge in [-0.25, -0.2) is 0 Å². The number of ether oxygens (including phenoxy) is 3. The molecule has 1 aromatic heterocycles. The van der Waals surface area contributed by atoms with Crippen LogP contribution in [0.4, 0.5) is 0 Å². The summed E-state index contributed by atoms with van der Waals surface area (Å²) < 4.78 is 15.9. The molecule has 0 aliphatic heterocycles. The lowest BCUT2D eigenvalue weighted by atomic mass is 10.1. The van der Waals surface area contributed by atoms with Gasteiger partial charge in [-0.05, 0) is 25.5 Å². The fourth-order valence-electron chi connectivity index (χ4n) is 1.52. The molecule has 1 aromatic rings. The Morgan fingerprint density at radius 3 is 2.56 bits per heavy atom. The van der Waals surface area contributed by atoms with Gasteiger partial charge in [0.15, 0.2) is 0 Å². The predicted molar refractivity (Wildman–Crippen MR) is 61.1 cm³/mol. The van der Waals surface area contributed by atoms with Crippen molar-refractivity contribution >= 4 is 0 Å². The monoisotopic (exact) mass is 225 g/mol. The largest absolute Gasteiger partial charge is 0.377 e. The average Bonchev–Trinajstić information content (AvgIpc) is 2.30. The number of aromatic nitrogens is 1. The number of rotatable bonds is 6. The first-order chi connectivity index (χ1) is 7.74. The zero-order chi connectivity index (χ0) is 12.0. The second kappa shape index (κ2) is 6.58. The van der Waals surface area contributed by atoms with Gasteiger partial charge in [0.25, 0.3) is 0 Å². The maximum absolute atomic E-state index is 5.43. The molecule has 0 aromatic carbocycles. The summed E-state index contributed by atoms with van der Waals surface area (Å²) in [4.78, 5) is 4.30. The molecule has 0 N–H and O–H groups in total. The van der Waals surface area contributed by atoms with Crippen LogP contribution in [0.3, 0.4) is 0 Å². The van der Waals surface area contributed by atoms with E-state index in [9.17, 15) is 0 Å². The second-order valence-corrected chi connectivity index (χ2v) is 3.43. The number of hydrogen-bond acceptors (Lipinski definition) is 4. The molecular weight excluding hydrogens is 206 g/mol. The van der Waals surface area contributed by atoms with Gasteiger partial charge in [-0.1, -0.05) is 0 Å². The van der Waals surface area contributed by atoms with E-state index < -0.39 is 6.29 Å². The van der Waals surface area contributed by atoms with Gasteiger partial charge in [-0.3, -0.25) is 4.98 Å². The minimum absolute atomic E-state index is 0.435. The molecule has 0 radical (unpaired) electrons. The molecule has 0 aliphatic carbocycles. The Balaban J connectivity index is 3.01. The maximum atomic E-state index is 5.43. The number of pyridine rings is 1. The molecule has 4 heteroatoms. The Morgan fingerprint density at radius 1 is 1.31 bits per heavy atom. The molecule has 0 unspecified atom stereocenters. The van der Waals surface area contributed by atoms with Gasteiger partial charge in [0.1, 0.15) is 5.69 Å². The van der Waals surface area contributed by atoms with Crippen molar-refractivity contribution in [1.82, 2.24) is 4.98 Å². The van der Waals surface area contributed by atoms with Crippen LogP contribution in [0.15, 0.2) is 12.3 Å². The summed E-state index contributed by atoms with van der Waals surface area (Å²) in [6, 6.07) is 1.96. The van der Waals surface area contributed by atoms with Crippen LogP contribution in [-0.2, 0) is 20.8 Å². The van der Waals surface area contributed by atoms with Gasteiger partial charge in [-0.2, -0.15) is 0 Å². The molecular formula is C12H19NO3. The van der Waals surface area contributed by atoms with Gasteiger partial charge in [-0.15, -0.1) is 0 Å². The lowest BCUT2D eigenvalue weighted by Gasteiger charge is -2.17. The van der Waals surface area contributed by atoms with Crippen molar-refractivity contribution in [2.45, 2.75) is 26.7 Å². The SMILES string of the molecule is CCOCc1c(C)ccnc1C(OC)OC. The lowest BCUT2D eigenvalue weighted by molar-refractivity contribution is -0.109. The number of nitrogens with zero attached hydrogens (tertiary/aromatic N) is 1.